The van der Waals surface area contributed by atoms with Crippen LogP contribution in [0.1, 0.15) is 10.4 Å². The van der Waals surface area contributed by atoms with Gasteiger partial charge in [-0.25, -0.2) is 0 Å². The third kappa shape index (κ3) is 3.43. The maximum Gasteiger partial charge on any atom is 0.254 e. The first-order valence-electron chi connectivity index (χ1n) is 4.68. The molecule has 0 aliphatic rings. The number of pyridine rings is 1. The maximum absolute atomic E-state index is 11.7. The summed E-state index contributed by atoms with van der Waals surface area (Å²) in [5.74, 6) is 0.836. The zero-order valence-corrected chi connectivity index (χ0v) is 9.73. The van der Waals surface area contributed by atoms with Crippen LogP contribution >= 0.6 is 11.8 Å². The highest BCUT2D eigenvalue weighted by Crippen LogP contribution is 2.11. The van der Waals surface area contributed by atoms with Crippen molar-refractivity contribution in [2.24, 2.45) is 0 Å². The van der Waals surface area contributed by atoms with Gasteiger partial charge in [0.05, 0.1) is 5.56 Å². The highest BCUT2D eigenvalue weighted by atomic mass is 32.2. The van der Waals surface area contributed by atoms with Crippen LogP contribution in [0.5, 0.6) is 0 Å². The number of thioether (sulfide) groups is 1. The van der Waals surface area contributed by atoms with Gasteiger partial charge in [0.2, 0.25) is 0 Å². The van der Waals surface area contributed by atoms with Crippen molar-refractivity contribution in [1.29, 1.82) is 0 Å². The summed E-state index contributed by atoms with van der Waals surface area (Å²) in [6.07, 6.45) is 5.24. The van der Waals surface area contributed by atoms with Crippen molar-refractivity contribution in [3.8, 4) is 0 Å². The van der Waals surface area contributed by atoms with Crippen molar-refractivity contribution in [2.45, 2.75) is 0 Å². The van der Waals surface area contributed by atoms with Gasteiger partial charge in [-0.15, -0.1) is 0 Å². The molecule has 0 aliphatic heterocycles. The molecule has 1 aromatic heterocycles. The van der Waals surface area contributed by atoms with E-state index in [1.165, 1.54) is 0 Å². The van der Waals surface area contributed by atoms with Gasteiger partial charge < -0.3 is 10.6 Å². The Morgan fingerprint density at radius 1 is 1.60 bits per heavy atom. The smallest absolute Gasteiger partial charge is 0.254 e. The van der Waals surface area contributed by atoms with Gasteiger partial charge in [-0.1, -0.05) is 0 Å². The van der Waals surface area contributed by atoms with Crippen LogP contribution in [0.25, 0.3) is 0 Å². The van der Waals surface area contributed by atoms with E-state index >= 15 is 0 Å². The zero-order valence-electron chi connectivity index (χ0n) is 8.91. The normalized spacial score (nSPS) is 9.73. The summed E-state index contributed by atoms with van der Waals surface area (Å²) in [6.45, 7) is 0.679. The summed E-state index contributed by atoms with van der Waals surface area (Å²) in [4.78, 5) is 15.6. The minimum atomic E-state index is -0.0819. The highest BCUT2D eigenvalue weighted by Gasteiger charge is 2.09. The standard InChI is InChI=1S/C10H15N3OS/c1-11-9-3-4-12-7-8(9)10(14)13-5-6-15-2/h3-4,7H,5-6H2,1-2H3,(H,11,12)(H,13,14). The van der Waals surface area contributed by atoms with Crippen molar-refractivity contribution in [3.05, 3.63) is 24.0 Å². The molecule has 1 aromatic rings. The average molecular weight is 225 g/mol. The number of hydrogen-bond acceptors (Lipinski definition) is 4. The van der Waals surface area contributed by atoms with Crippen LogP contribution in [0.3, 0.4) is 0 Å². The third-order valence-corrected chi connectivity index (χ3v) is 2.54. The Hall–Kier alpha value is -1.23. The number of carbonyl (C=O) groups is 1. The van der Waals surface area contributed by atoms with E-state index in [4.69, 9.17) is 0 Å². The monoisotopic (exact) mass is 225 g/mol. The molecule has 0 atom stereocenters. The van der Waals surface area contributed by atoms with E-state index in [0.29, 0.717) is 12.1 Å². The zero-order chi connectivity index (χ0) is 11.1. The molecule has 0 bridgehead atoms. The molecule has 1 amide bonds. The van der Waals surface area contributed by atoms with Gasteiger partial charge in [0.25, 0.3) is 5.91 Å². The van der Waals surface area contributed by atoms with Gasteiger partial charge >= 0.3 is 0 Å². The van der Waals surface area contributed by atoms with E-state index in [1.54, 1.807) is 37.3 Å². The van der Waals surface area contributed by atoms with Crippen LogP contribution in [0.4, 0.5) is 5.69 Å². The van der Waals surface area contributed by atoms with Crippen LogP contribution in [-0.2, 0) is 0 Å². The first-order valence-corrected chi connectivity index (χ1v) is 6.08. The molecule has 15 heavy (non-hydrogen) atoms. The van der Waals surface area contributed by atoms with Gasteiger partial charge in [-0.05, 0) is 12.3 Å². The first-order chi connectivity index (χ1) is 7.29. The number of anilines is 1. The van der Waals surface area contributed by atoms with E-state index in [9.17, 15) is 4.79 Å². The second kappa shape index (κ2) is 6.29. The Morgan fingerprint density at radius 2 is 2.40 bits per heavy atom. The summed E-state index contributed by atoms with van der Waals surface area (Å²) >= 11 is 1.70. The fourth-order valence-electron chi connectivity index (χ4n) is 1.16. The minimum Gasteiger partial charge on any atom is -0.387 e. The Morgan fingerprint density at radius 3 is 3.07 bits per heavy atom. The first kappa shape index (κ1) is 11.8. The number of nitrogens with zero attached hydrogens (tertiary/aromatic N) is 1. The predicted octanol–water partition coefficient (Wildman–Crippen LogP) is 1.22. The summed E-state index contributed by atoms with van der Waals surface area (Å²) < 4.78 is 0. The number of amides is 1. The van der Waals surface area contributed by atoms with Gasteiger partial charge in [-0.3, -0.25) is 9.78 Å². The Labute approximate surface area is 93.9 Å². The van der Waals surface area contributed by atoms with Crippen LogP contribution in [0.2, 0.25) is 0 Å². The SMILES string of the molecule is CNc1ccncc1C(=O)NCCSC. The van der Waals surface area contributed by atoms with E-state index in [1.807, 2.05) is 6.26 Å². The van der Waals surface area contributed by atoms with Crippen molar-refractivity contribution >= 4 is 23.4 Å². The summed E-state index contributed by atoms with van der Waals surface area (Å²) in [5, 5.41) is 5.80. The molecule has 0 fully saturated rings. The largest absolute Gasteiger partial charge is 0.387 e. The number of carbonyl (C=O) groups excluding carboxylic acids is 1. The molecule has 0 saturated carbocycles. The fourth-order valence-corrected chi connectivity index (χ4v) is 1.46. The van der Waals surface area contributed by atoms with Crippen molar-refractivity contribution in [1.82, 2.24) is 10.3 Å². The lowest BCUT2D eigenvalue weighted by Gasteiger charge is -2.08. The molecule has 5 heteroatoms. The lowest BCUT2D eigenvalue weighted by atomic mass is 10.2. The van der Waals surface area contributed by atoms with Crippen LogP contribution in [0, 0.1) is 0 Å². The van der Waals surface area contributed by atoms with E-state index < -0.39 is 0 Å². The van der Waals surface area contributed by atoms with Crippen molar-refractivity contribution in [2.75, 3.05) is 30.9 Å². The lowest BCUT2D eigenvalue weighted by Crippen LogP contribution is -2.26. The number of aromatic nitrogens is 1. The van der Waals surface area contributed by atoms with Gasteiger partial charge in [0.15, 0.2) is 0 Å². The average Bonchev–Trinajstić information content (AvgIpc) is 2.29. The number of hydrogen-bond donors (Lipinski definition) is 2. The van der Waals surface area contributed by atoms with Crippen LogP contribution < -0.4 is 10.6 Å². The van der Waals surface area contributed by atoms with Gasteiger partial charge in [0, 0.05) is 37.4 Å². The summed E-state index contributed by atoms with van der Waals surface area (Å²) in [5.41, 5.74) is 1.38. The van der Waals surface area contributed by atoms with Crippen molar-refractivity contribution < 1.29 is 4.79 Å². The second-order valence-electron chi connectivity index (χ2n) is 2.92. The quantitative estimate of drug-likeness (QED) is 0.740. The van der Waals surface area contributed by atoms with Crippen LogP contribution in [-0.4, -0.2) is 36.5 Å². The molecular weight excluding hydrogens is 210 g/mol. The molecule has 1 rings (SSSR count). The van der Waals surface area contributed by atoms with E-state index in [2.05, 4.69) is 15.6 Å². The second-order valence-corrected chi connectivity index (χ2v) is 3.91. The maximum atomic E-state index is 11.7. The Bertz CT molecular complexity index is 330. The summed E-state index contributed by atoms with van der Waals surface area (Å²) in [6, 6.07) is 1.78. The molecule has 0 unspecified atom stereocenters. The van der Waals surface area contributed by atoms with E-state index in [0.717, 1.165) is 11.4 Å². The Kier molecular flexibility index (Phi) is 4.97. The highest BCUT2D eigenvalue weighted by molar-refractivity contribution is 7.98. The minimum absolute atomic E-state index is 0.0819. The molecule has 0 aliphatic carbocycles. The third-order valence-electron chi connectivity index (χ3n) is 1.93. The van der Waals surface area contributed by atoms with Crippen LogP contribution in [0.15, 0.2) is 18.5 Å². The Balaban J connectivity index is 2.64. The molecule has 2 N–H and O–H groups in total. The molecule has 82 valence electrons. The number of rotatable bonds is 5. The topological polar surface area (TPSA) is 54.0 Å². The molecular formula is C10H15N3OS. The number of nitrogens with one attached hydrogen (secondary N) is 2. The summed E-state index contributed by atoms with van der Waals surface area (Å²) in [7, 11) is 1.79. The molecule has 0 spiro atoms. The molecule has 0 saturated heterocycles. The van der Waals surface area contributed by atoms with Gasteiger partial charge in [0.1, 0.15) is 0 Å². The molecule has 0 radical (unpaired) electrons. The van der Waals surface area contributed by atoms with E-state index in [-0.39, 0.29) is 5.91 Å². The lowest BCUT2D eigenvalue weighted by molar-refractivity contribution is 0.0956. The molecule has 1 heterocycles. The molecule has 0 aromatic carbocycles. The van der Waals surface area contributed by atoms with Crippen molar-refractivity contribution in [3.63, 3.8) is 0 Å². The fraction of sp³-hybridized carbons (Fsp3) is 0.400. The predicted molar refractivity (Wildman–Crippen MR) is 64.5 cm³/mol. The van der Waals surface area contributed by atoms with Gasteiger partial charge in [-0.2, -0.15) is 11.8 Å². The molecule has 4 nitrogen and oxygen atoms in total.